The first kappa shape index (κ1) is 45.2. The molecule has 0 aromatic heterocycles. The van der Waals surface area contributed by atoms with Gasteiger partial charge in [0.15, 0.2) is 0 Å². The van der Waals surface area contributed by atoms with Crippen molar-refractivity contribution in [2.75, 3.05) is 0 Å². The van der Waals surface area contributed by atoms with Crippen molar-refractivity contribution < 1.29 is 50.2 Å². The van der Waals surface area contributed by atoms with Crippen LogP contribution < -0.4 is 0 Å². The van der Waals surface area contributed by atoms with Crippen molar-refractivity contribution in [2.45, 2.75) is 144 Å². The Morgan fingerprint density at radius 1 is 0.439 bits per heavy atom. The van der Waals surface area contributed by atoms with Gasteiger partial charge < -0.3 is 23.3 Å². The zero-order valence-corrected chi connectivity index (χ0v) is 36.4. The minimum Gasteiger partial charge on any atom is -0.507 e. The van der Waals surface area contributed by atoms with Crippen molar-refractivity contribution >= 4 is 16.1 Å². The van der Waals surface area contributed by atoms with Gasteiger partial charge in [-0.3, -0.25) is 0 Å². The van der Waals surface area contributed by atoms with Crippen molar-refractivity contribution in [1.29, 1.82) is 0 Å². The summed E-state index contributed by atoms with van der Waals surface area (Å²) in [5, 5.41) is 20.5. The molecule has 2 nitrogen and oxygen atoms in total. The molecule has 0 amide bonds. The summed E-state index contributed by atoms with van der Waals surface area (Å²) in [5.74, 6) is 0.912. The van der Waals surface area contributed by atoms with Crippen molar-refractivity contribution in [3.8, 4) is 11.5 Å². The van der Waals surface area contributed by atoms with E-state index in [4.69, 9.17) is 0 Å². The monoisotopic (exact) mass is 818 g/mol. The Balaban J connectivity index is -0.000000523. The van der Waals surface area contributed by atoms with Gasteiger partial charge >= 0.3 is 39.9 Å². The molecule has 2 aromatic rings. The van der Waals surface area contributed by atoms with Crippen molar-refractivity contribution in [2.24, 2.45) is 0 Å². The van der Waals surface area contributed by atoms with Gasteiger partial charge in [-0.15, -0.1) is 16.1 Å². The Morgan fingerprint density at radius 2 is 0.561 bits per heavy atom. The first-order valence-electron chi connectivity index (χ1n) is 14.6. The van der Waals surface area contributed by atoms with Crippen LogP contribution in [0.3, 0.4) is 0 Å². The second-order valence-corrected chi connectivity index (χ2v) is 27.8. The van der Waals surface area contributed by atoms with E-state index < -0.39 is 16.1 Å². The van der Waals surface area contributed by atoms with Gasteiger partial charge in [0.05, 0.1) is 0 Å². The van der Waals surface area contributed by atoms with E-state index in [0.29, 0.717) is 11.5 Å². The largest absolute Gasteiger partial charge is 2.00 e. The zero-order valence-electron chi connectivity index (χ0n) is 30.3. The minimum atomic E-state index is -0.861. The molecule has 0 atom stereocenters. The van der Waals surface area contributed by atoms with E-state index in [2.05, 4.69) is 135 Å². The molecule has 234 valence electrons. The first-order chi connectivity index (χ1) is 17.3. The maximum Gasteiger partial charge on any atom is 2.00 e. The molecule has 0 fully saturated rings. The average Bonchev–Trinajstić information content (AvgIpc) is 2.62. The molecule has 0 aliphatic rings. The summed E-state index contributed by atoms with van der Waals surface area (Å²) in [6, 6.07) is 12.1. The zero-order chi connectivity index (χ0) is 32.7. The molecule has 0 spiro atoms. The second-order valence-electron chi connectivity index (χ2n) is 17.5. The number of phenols is 2. The normalized spacial score (nSPS) is 12.4. The van der Waals surface area contributed by atoms with Crippen LogP contribution in [0.1, 0.15) is 105 Å². The molecule has 0 aliphatic heterocycles. The molecular weight excluding hydrogens is 753 g/mol. The third-order valence-corrected chi connectivity index (χ3v) is 5.30. The van der Waals surface area contributed by atoms with Crippen LogP contribution in [0, 0.1) is 53.0 Å². The summed E-state index contributed by atoms with van der Waals surface area (Å²) in [5.41, 5.74) is 4.06. The van der Waals surface area contributed by atoms with Crippen LogP contribution in [0.4, 0.5) is 0 Å². The summed E-state index contributed by atoms with van der Waals surface area (Å²) >= 11 is 0. The number of hydrogen-bond acceptors (Lipinski definition) is 2. The van der Waals surface area contributed by atoms with Gasteiger partial charge in [-0.05, 0) is 43.9 Å². The Morgan fingerprint density at radius 3 is 0.659 bits per heavy atom. The van der Waals surface area contributed by atoms with Crippen LogP contribution in [0.5, 0.6) is 11.5 Å². The fourth-order valence-electron chi connectivity index (χ4n) is 3.51. The molecule has 0 saturated carbocycles. The molecule has 41 heavy (non-hydrogen) atoms. The number of benzene rings is 2. The van der Waals surface area contributed by atoms with Crippen LogP contribution in [0.2, 0.25) is 39.3 Å². The van der Waals surface area contributed by atoms with E-state index in [1.54, 1.807) is 0 Å². The van der Waals surface area contributed by atoms with E-state index in [0.717, 1.165) is 22.3 Å². The Kier molecular flexibility index (Phi) is 18.5. The van der Waals surface area contributed by atoms with Crippen LogP contribution in [-0.2, 0) is 21.7 Å². The predicted octanol–water partition coefficient (Wildman–Crippen LogP) is 11.4. The number of aromatic hydroxyl groups is 2. The van der Waals surface area contributed by atoms with Gasteiger partial charge in [0.1, 0.15) is 11.5 Å². The van der Waals surface area contributed by atoms with Crippen LogP contribution in [0.15, 0.2) is 36.4 Å². The number of rotatable bonds is 0. The molecule has 0 unspecified atom stereocenters. The Labute approximate surface area is 291 Å². The molecule has 0 saturated heterocycles. The van der Waals surface area contributed by atoms with E-state index in [1.807, 2.05) is 36.4 Å². The molecular formula is C36H66O2Si2Th. The molecule has 0 heterocycles. The smallest absolute Gasteiger partial charge is 0.507 e. The number of phenolic OH excluding ortho intramolecular Hbond substituents is 2. The van der Waals surface area contributed by atoms with Gasteiger partial charge in [0.25, 0.3) is 0 Å². The summed E-state index contributed by atoms with van der Waals surface area (Å²) < 4.78 is 0. The van der Waals surface area contributed by atoms with Crippen molar-refractivity contribution in [1.82, 2.24) is 0 Å². The van der Waals surface area contributed by atoms with Crippen molar-refractivity contribution in [3.63, 3.8) is 0 Å². The van der Waals surface area contributed by atoms with Gasteiger partial charge in [-0.1, -0.05) is 159 Å². The van der Waals surface area contributed by atoms with Crippen LogP contribution in [-0.4, -0.2) is 26.4 Å². The third kappa shape index (κ3) is 21.2. The molecule has 2 rings (SSSR count). The molecule has 2 N–H and O–H groups in total. The third-order valence-electron chi connectivity index (χ3n) is 5.30. The Bertz CT molecular complexity index is 872. The van der Waals surface area contributed by atoms with E-state index in [-0.39, 0.29) is 61.6 Å². The van der Waals surface area contributed by atoms with Crippen LogP contribution in [0.25, 0.3) is 0 Å². The van der Waals surface area contributed by atoms with E-state index in [1.165, 1.54) is 0 Å². The topological polar surface area (TPSA) is 40.5 Å². The van der Waals surface area contributed by atoms with E-state index >= 15 is 0 Å². The van der Waals surface area contributed by atoms with Crippen molar-refractivity contribution in [3.05, 3.63) is 71.7 Å². The maximum atomic E-state index is 10.3. The van der Waals surface area contributed by atoms with Gasteiger partial charge in [0.2, 0.25) is 0 Å². The predicted molar refractivity (Wildman–Crippen MR) is 188 cm³/mol. The molecule has 0 bridgehead atoms. The minimum absolute atomic E-state index is 0. The Hall–Kier alpha value is -0.202. The second kappa shape index (κ2) is 16.8. The molecule has 5 heteroatoms. The standard InChI is InChI=1S/2C14H22O.2C4H11Si.Th/c2*1-13(2,3)10-8-7-9-11(12(10)15)14(4,5)6;2*1-5(2,3)4;/h2*7-9,15H,1-6H3;2*1H2,2-4H3;/q;;2*-1;+2. The van der Waals surface area contributed by atoms with Gasteiger partial charge in [-0.25, -0.2) is 0 Å². The quantitative estimate of drug-likeness (QED) is 0.205. The fourth-order valence-corrected chi connectivity index (χ4v) is 3.51. The van der Waals surface area contributed by atoms with Gasteiger partial charge in [-0.2, -0.15) is 0 Å². The molecule has 2 aromatic carbocycles. The van der Waals surface area contributed by atoms with Crippen LogP contribution >= 0.6 is 0 Å². The number of hydrogen-bond donors (Lipinski definition) is 2. The molecule has 0 aliphatic carbocycles. The summed E-state index contributed by atoms with van der Waals surface area (Å²) in [6.07, 6.45) is 0. The SMILES string of the molecule is CC(C)(C)c1cccc(C(C)(C)C)c1O.CC(C)(C)c1cccc(C(C)(C)C)c1O.[CH2-][Si](C)(C)C.[CH2-][Si](C)(C)C.[Th+2]. The summed E-state index contributed by atoms with van der Waals surface area (Å²) in [6.45, 7) is 46.5. The first-order valence-corrected chi connectivity index (χ1v) is 22.1. The number of para-hydroxylation sites is 2. The summed E-state index contributed by atoms with van der Waals surface area (Å²) in [4.78, 5) is 0. The van der Waals surface area contributed by atoms with E-state index in [9.17, 15) is 10.2 Å². The summed E-state index contributed by atoms with van der Waals surface area (Å²) in [7, 11) is -1.72. The van der Waals surface area contributed by atoms with Gasteiger partial charge in [0, 0.05) is 0 Å². The maximum absolute atomic E-state index is 10.3. The molecule has 0 radical (unpaired) electrons. The fraction of sp³-hybridized carbons (Fsp3) is 0.611. The average molecular weight is 819 g/mol.